The molecule has 2 atom stereocenters. The van der Waals surface area contributed by atoms with Crippen molar-refractivity contribution in [2.24, 2.45) is 0 Å². The molecule has 0 fully saturated rings. The monoisotopic (exact) mass is 321 g/mol. The van der Waals surface area contributed by atoms with E-state index < -0.39 is 0 Å². The van der Waals surface area contributed by atoms with Crippen molar-refractivity contribution in [3.05, 3.63) is 52.9 Å². The highest BCUT2D eigenvalue weighted by atomic mass is 35.5. The number of aryl methyl sites for hydroxylation is 1. The molecular formula is C17H20ClNOS. The van der Waals surface area contributed by atoms with Crippen molar-refractivity contribution >= 4 is 23.4 Å². The van der Waals surface area contributed by atoms with Crippen LogP contribution in [0.3, 0.4) is 0 Å². The van der Waals surface area contributed by atoms with Gasteiger partial charge in [0.1, 0.15) is 5.76 Å². The van der Waals surface area contributed by atoms with Gasteiger partial charge in [0.25, 0.3) is 0 Å². The molecule has 1 aromatic heterocycles. The van der Waals surface area contributed by atoms with E-state index in [0.717, 1.165) is 35.8 Å². The number of fused-ring (bicyclic) bond motifs is 1. The van der Waals surface area contributed by atoms with Crippen LogP contribution in [0.25, 0.3) is 0 Å². The summed E-state index contributed by atoms with van der Waals surface area (Å²) in [5.41, 5.74) is 1.35. The lowest BCUT2D eigenvalue weighted by atomic mass is 10.0. The Balaban J connectivity index is 1.61. The van der Waals surface area contributed by atoms with Gasteiger partial charge < -0.3 is 9.73 Å². The average molecular weight is 322 g/mol. The molecule has 0 amide bonds. The molecule has 1 aromatic carbocycles. The van der Waals surface area contributed by atoms with Crippen LogP contribution in [0, 0.1) is 0 Å². The van der Waals surface area contributed by atoms with Crippen molar-refractivity contribution in [3.8, 4) is 0 Å². The molecule has 0 saturated carbocycles. The number of rotatable bonds is 5. The van der Waals surface area contributed by atoms with Gasteiger partial charge in [0.15, 0.2) is 0 Å². The summed E-state index contributed by atoms with van der Waals surface area (Å²) in [4.78, 5) is 1.36. The van der Waals surface area contributed by atoms with Crippen molar-refractivity contribution in [2.45, 2.75) is 43.2 Å². The quantitative estimate of drug-likeness (QED) is 0.831. The zero-order chi connectivity index (χ0) is 14.7. The first-order valence-corrected chi connectivity index (χ1v) is 8.79. The second kappa shape index (κ2) is 6.91. The van der Waals surface area contributed by atoms with Crippen molar-refractivity contribution in [3.63, 3.8) is 0 Å². The zero-order valence-corrected chi connectivity index (χ0v) is 13.7. The van der Waals surface area contributed by atoms with Gasteiger partial charge in [-0.25, -0.2) is 0 Å². The predicted octanol–water partition coefficient (Wildman–Crippen LogP) is 5.08. The first-order chi connectivity index (χ1) is 10.2. The summed E-state index contributed by atoms with van der Waals surface area (Å²) in [5, 5.41) is 4.58. The Morgan fingerprint density at radius 3 is 3.14 bits per heavy atom. The molecule has 1 aliphatic heterocycles. The molecule has 0 radical (unpaired) electrons. The molecule has 1 aliphatic rings. The average Bonchev–Trinajstić information content (AvgIpc) is 2.99. The summed E-state index contributed by atoms with van der Waals surface area (Å²) >= 11 is 8.08. The molecule has 1 N–H and O–H groups in total. The summed E-state index contributed by atoms with van der Waals surface area (Å²) in [6.45, 7) is 2.24. The molecule has 0 saturated heterocycles. The van der Waals surface area contributed by atoms with Crippen LogP contribution in [-0.2, 0) is 6.42 Å². The molecule has 0 aliphatic carbocycles. The standard InChI is InChI=1S/C17H20ClNOS/c1-12(4-6-14-3-2-9-20-14)19-16-8-10-21-17-7-5-13(18)11-15(16)17/h2-3,5,7,9,11-12,16,19H,4,6,8,10H2,1H3. The molecule has 0 spiro atoms. The summed E-state index contributed by atoms with van der Waals surface area (Å²) in [6.07, 6.45) is 4.95. The van der Waals surface area contributed by atoms with E-state index in [-0.39, 0.29) is 0 Å². The summed E-state index contributed by atoms with van der Waals surface area (Å²) in [6, 6.07) is 11.1. The maximum Gasteiger partial charge on any atom is 0.103 e. The van der Waals surface area contributed by atoms with Crippen LogP contribution in [0.2, 0.25) is 5.02 Å². The minimum atomic E-state index is 0.409. The number of thioether (sulfide) groups is 1. The Morgan fingerprint density at radius 1 is 1.43 bits per heavy atom. The van der Waals surface area contributed by atoms with E-state index in [2.05, 4.69) is 24.4 Å². The fraction of sp³-hybridized carbons (Fsp3) is 0.412. The van der Waals surface area contributed by atoms with E-state index in [4.69, 9.17) is 16.0 Å². The van der Waals surface area contributed by atoms with Gasteiger partial charge in [-0.15, -0.1) is 11.8 Å². The minimum Gasteiger partial charge on any atom is -0.469 e. The maximum atomic E-state index is 6.16. The second-order valence-electron chi connectivity index (χ2n) is 5.56. The van der Waals surface area contributed by atoms with Gasteiger partial charge in [-0.2, -0.15) is 0 Å². The van der Waals surface area contributed by atoms with Gasteiger partial charge in [0.2, 0.25) is 0 Å². The lowest BCUT2D eigenvalue weighted by Gasteiger charge is -2.29. The van der Waals surface area contributed by atoms with Crippen LogP contribution in [-0.4, -0.2) is 11.8 Å². The Labute approximate surface area is 135 Å². The zero-order valence-electron chi connectivity index (χ0n) is 12.1. The van der Waals surface area contributed by atoms with Crippen LogP contribution in [0.5, 0.6) is 0 Å². The van der Waals surface area contributed by atoms with E-state index in [0.29, 0.717) is 12.1 Å². The molecule has 112 valence electrons. The highest BCUT2D eigenvalue weighted by molar-refractivity contribution is 7.99. The van der Waals surface area contributed by atoms with E-state index in [1.807, 2.05) is 30.0 Å². The molecule has 3 rings (SSSR count). The second-order valence-corrected chi connectivity index (χ2v) is 7.13. The van der Waals surface area contributed by atoms with Gasteiger partial charge in [-0.05, 0) is 61.4 Å². The Kier molecular flexibility index (Phi) is 4.94. The normalized spacial score (nSPS) is 19.2. The number of nitrogens with one attached hydrogen (secondary N) is 1. The lowest BCUT2D eigenvalue weighted by Crippen LogP contribution is -2.32. The Morgan fingerprint density at radius 2 is 2.33 bits per heavy atom. The Bertz CT molecular complexity index is 584. The summed E-state index contributed by atoms with van der Waals surface area (Å²) in [7, 11) is 0. The first-order valence-electron chi connectivity index (χ1n) is 7.43. The highest BCUT2D eigenvalue weighted by Gasteiger charge is 2.22. The van der Waals surface area contributed by atoms with Crippen LogP contribution in [0.15, 0.2) is 45.9 Å². The SMILES string of the molecule is CC(CCc1ccco1)NC1CCSc2ccc(Cl)cc21. The largest absolute Gasteiger partial charge is 0.469 e. The number of halogens is 1. The number of hydrogen-bond donors (Lipinski definition) is 1. The first kappa shape index (κ1) is 15.0. The predicted molar refractivity (Wildman–Crippen MR) is 89.2 cm³/mol. The summed E-state index contributed by atoms with van der Waals surface area (Å²) < 4.78 is 5.40. The van der Waals surface area contributed by atoms with E-state index in [1.54, 1.807) is 6.26 Å². The van der Waals surface area contributed by atoms with Gasteiger partial charge in [-0.3, -0.25) is 0 Å². The van der Waals surface area contributed by atoms with Crippen molar-refractivity contribution in [2.75, 3.05) is 5.75 Å². The number of hydrogen-bond acceptors (Lipinski definition) is 3. The van der Waals surface area contributed by atoms with Crippen LogP contribution >= 0.6 is 23.4 Å². The van der Waals surface area contributed by atoms with Gasteiger partial charge >= 0.3 is 0 Å². The fourth-order valence-corrected chi connectivity index (χ4v) is 4.06. The van der Waals surface area contributed by atoms with E-state index >= 15 is 0 Å². The van der Waals surface area contributed by atoms with E-state index in [1.165, 1.54) is 10.5 Å². The van der Waals surface area contributed by atoms with Crippen LogP contribution in [0.1, 0.15) is 37.1 Å². The molecular weight excluding hydrogens is 302 g/mol. The molecule has 2 aromatic rings. The van der Waals surface area contributed by atoms with Gasteiger partial charge in [-0.1, -0.05) is 11.6 Å². The van der Waals surface area contributed by atoms with Crippen molar-refractivity contribution < 1.29 is 4.42 Å². The maximum absolute atomic E-state index is 6.16. The lowest BCUT2D eigenvalue weighted by molar-refractivity contribution is 0.407. The van der Waals surface area contributed by atoms with Crippen LogP contribution in [0.4, 0.5) is 0 Å². The molecule has 0 bridgehead atoms. The number of benzene rings is 1. The molecule has 4 heteroatoms. The third kappa shape index (κ3) is 3.85. The molecule has 2 heterocycles. The number of furan rings is 1. The van der Waals surface area contributed by atoms with Crippen molar-refractivity contribution in [1.82, 2.24) is 5.32 Å². The Hall–Kier alpha value is -0.900. The van der Waals surface area contributed by atoms with E-state index in [9.17, 15) is 0 Å². The third-order valence-electron chi connectivity index (χ3n) is 3.90. The smallest absolute Gasteiger partial charge is 0.103 e. The van der Waals surface area contributed by atoms with Crippen molar-refractivity contribution in [1.29, 1.82) is 0 Å². The minimum absolute atomic E-state index is 0.409. The van der Waals surface area contributed by atoms with Gasteiger partial charge in [0, 0.05) is 28.4 Å². The molecule has 2 nitrogen and oxygen atoms in total. The highest BCUT2D eigenvalue weighted by Crippen LogP contribution is 2.37. The fourth-order valence-electron chi connectivity index (χ4n) is 2.78. The molecule has 2 unspecified atom stereocenters. The molecule has 21 heavy (non-hydrogen) atoms. The third-order valence-corrected chi connectivity index (χ3v) is 5.26. The van der Waals surface area contributed by atoms with Crippen LogP contribution < -0.4 is 5.32 Å². The summed E-state index contributed by atoms with van der Waals surface area (Å²) in [5.74, 6) is 2.23. The topological polar surface area (TPSA) is 25.2 Å². The van der Waals surface area contributed by atoms with Gasteiger partial charge in [0.05, 0.1) is 6.26 Å².